The molecule has 1 N–H and O–H groups in total. The van der Waals surface area contributed by atoms with Crippen molar-refractivity contribution < 1.29 is 4.90 Å². The van der Waals surface area contributed by atoms with Crippen LogP contribution in [0.1, 0.15) is 21.6 Å². The minimum absolute atomic E-state index is 1.03. The minimum atomic E-state index is 1.03. The van der Waals surface area contributed by atoms with Crippen LogP contribution in [0.25, 0.3) is 0 Å². The molecule has 2 heterocycles. The summed E-state index contributed by atoms with van der Waals surface area (Å²) >= 11 is 5.20. The monoisotopic (exact) mass is 392 g/mol. The van der Waals surface area contributed by atoms with E-state index in [4.69, 9.17) is 0 Å². The number of hydrogen-bond acceptors (Lipinski definition) is 3. The summed E-state index contributed by atoms with van der Waals surface area (Å²) in [4.78, 5) is 2.85. The van der Waals surface area contributed by atoms with Gasteiger partial charge >= 0.3 is 0 Å². The molecule has 5 heteroatoms. The molecule has 0 amide bonds. The van der Waals surface area contributed by atoms with Crippen molar-refractivity contribution in [3.8, 4) is 0 Å². The summed E-state index contributed by atoms with van der Waals surface area (Å²) in [7, 11) is 0. The third-order valence-corrected chi connectivity index (χ3v) is 5.89. The molecule has 0 saturated carbocycles. The normalized spacial score (nSPS) is 16.4. The topological polar surface area (TPSA) is 20.0 Å². The molecule has 0 unspecified atom stereocenters. The smallest absolute Gasteiger partial charge is 0.103 e. The molecule has 1 aromatic carbocycles. The van der Waals surface area contributed by atoms with Crippen molar-refractivity contribution in [2.45, 2.75) is 20.4 Å². The van der Waals surface area contributed by atoms with Crippen molar-refractivity contribution in [2.75, 3.05) is 26.2 Å². The molecule has 3 nitrogen and oxygen atoms in total. The Hall–Kier alpha value is -1.17. The van der Waals surface area contributed by atoms with Crippen LogP contribution in [-0.4, -0.2) is 37.4 Å². The number of piperazine rings is 1. The maximum Gasteiger partial charge on any atom is 0.103 e. The first kappa shape index (κ1) is 16.7. The Balaban J connectivity index is 1.51. The maximum atomic E-state index is 4.62. The third kappa shape index (κ3) is 4.66. The van der Waals surface area contributed by atoms with Crippen molar-refractivity contribution in [3.63, 3.8) is 0 Å². The van der Waals surface area contributed by atoms with Gasteiger partial charge in [0.25, 0.3) is 0 Å². The molecular weight excluding hydrogens is 370 g/mol. The lowest BCUT2D eigenvalue weighted by atomic mass is 10.1. The van der Waals surface area contributed by atoms with Crippen molar-refractivity contribution in [2.24, 2.45) is 5.10 Å². The molecule has 1 aliphatic rings. The van der Waals surface area contributed by atoms with Crippen LogP contribution in [-0.2, 0) is 6.54 Å². The van der Waals surface area contributed by atoms with Crippen molar-refractivity contribution in [3.05, 3.63) is 55.7 Å². The average Bonchev–Trinajstić information content (AvgIpc) is 2.95. The lowest BCUT2D eigenvalue weighted by Gasteiger charge is -2.30. The van der Waals surface area contributed by atoms with Gasteiger partial charge in [-0.15, -0.1) is 11.3 Å². The van der Waals surface area contributed by atoms with Gasteiger partial charge < -0.3 is 4.90 Å². The number of nitrogens with zero attached hydrogens (tertiary/aromatic N) is 2. The SMILES string of the molecule is Cc1ccc(C[NH+]2CCN(N=Cc3ccc(Br)s3)CC2)c(C)c1. The number of quaternary nitrogens is 1. The highest BCUT2D eigenvalue weighted by Crippen LogP contribution is 2.20. The van der Waals surface area contributed by atoms with Crippen LogP contribution >= 0.6 is 27.3 Å². The summed E-state index contributed by atoms with van der Waals surface area (Å²) in [5.41, 5.74) is 4.24. The number of hydrazone groups is 1. The molecule has 0 aliphatic carbocycles. The van der Waals surface area contributed by atoms with E-state index in [9.17, 15) is 0 Å². The van der Waals surface area contributed by atoms with E-state index in [1.54, 1.807) is 16.2 Å². The summed E-state index contributed by atoms with van der Waals surface area (Å²) in [6, 6.07) is 11.0. The fourth-order valence-electron chi connectivity index (χ4n) is 2.95. The first-order chi connectivity index (χ1) is 11.1. The zero-order valence-corrected chi connectivity index (χ0v) is 16.1. The van der Waals surface area contributed by atoms with Gasteiger partial charge in [-0.1, -0.05) is 23.8 Å². The number of hydrogen-bond donors (Lipinski definition) is 1. The number of nitrogens with one attached hydrogen (secondary N) is 1. The lowest BCUT2D eigenvalue weighted by Crippen LogP contribution is -3.13. The molecule has 2 aromatic rings. The highest BCUT2D eigenvalue weighted by Gasteiger charge is 2.19. The first-order valence-corrected chi connectivity index (χ1v) is 9.65. The van der Waals surface area contributed by atoms with Crippen LogP contribution < -0.4 is 4.90 Å². The number of thiophene rings is 1. The fraction of sp³-hybridized carbons (Fsp3) is 0.389. The maximum absolute atomic E-state index is 4.62. The molecule has 1 aliphatic heterocycles. The molecule has 0 bridgehead atoms. The van der Waals surface area contributed by atoms with Crippen LogP contribution in [0.2, 0.25) is 0 Å². The highest BCUT2D eigenvalue weighted by atomic mass is 79.9. The number of benzene rings is 1. The van der Waals surface area contributed by atoms with Crippen LogP contribution in [0.4, 0.5) is 0 Å². The molecule has 23 heavy (non-hydrogen) atoms. The standard InChI is InChI=1S/C18H22BrN3S/c1-14-3-4-16(15(2)11-14)13-21-7-9-22(10-8-21)20-12-17-5-6-18(19)23-17/h3-6,11-12H,7-10,13H2,1-2H3/p+1. The summed E-state index contributed by atoms with van der Waals surface area (Å²) in [5, 5.41) is 6.82. The van der Waals surface area contributed by atoms with Crippen molar-refractivity contribution in [1.29, 1.82) is 0 Å². The summed E-state index contributed by atoms with van der Waals surface area (Å²) in [6.07, 6.45) is 1.98. The molecule has 122 valence electrons. The number of aryl methyl sites for hydroxylation is 2. The Labute approximate surface area is 150 Å². The molecule has 3 rings (SSSR count). The molecule has 0 atom stereocenters. The quantitative estimate of drug-likeness (QED) is 0.792. The van der Waals surface area contributed by atoms with Gasteiger partial charge in [0, 0.05) is 10.4 Å². The molecule has 0 radical (unpaired) electrons. The van der Waals surface area contributed by atoms with Crippen molar-refractivity contribution >= 4 is 33.5 Å². The van der Waals surface area contributed by atoms with E-state index in [2.05, 4.69) is 70.2 Å². The van der Waals surface area contributed by atoms with Crippen LogP contribution in [0.3, 0.4) is 0 Å². The van der Waals surface area contributed by atoms with Crippen molar-refractivity contribution in [1.82, 2.24) is 5.01 Å². The summed E-state index contributed by atoms with van der Waals surface area (Å²) < 4.78 is 1.15. The lowest BCUT2D eigenvalue weighted by molar-refractivity contribution is -0.918. The fourth-order valence-corrected chi connectivity index (χ4v) is 4.24. The Bertz CT molecular complexity index is 687. The van der Waals surface area contributed by atoms with Gasteiger partial charge in [-0.3, -0.25) is 5.01 Å². The predicted octanol–water partition coefficient (Wildman–Crippen LogP) is 2.86. The van der Waals surface area contributed by atoms with Crippen LogP contribution in [0.15, 0.2) is 39.2 Å². The highest BCUT2D eigenvalue weighted by molar-refractivity contribution is 9.11. The van der Waals surface area contributed by atoms with Gasteiger partial charge in [-0.05, 0) is 47.5 Å². The van der Waals surface area contributed by atoms with E-state index in [1.807, 2.05) is 6.21 Å². The second-order valence-corrected chi connectivity index (χ2v) is 8.69. The zero-order valence-electron chi connectivity index (χ0n) is 13.7. The second-order valence-electron chi connectivity index (χ2n) is 6.20. The predicted molar refractivity (Wildman–Crippen MR) is 102 cm³/mol. The largest absolute Gasteiger partial charge is 0.328 e. The number of halogens is 1. The van der Waals surface area contributed by atoms with Gasteiger partial charge in [0.1, 0.15) is 6.54 Å². The molecular formula is C18H23BrN3S+. The van der Waals surface area contributed by atoms with Gasteiger partial charge in [0.15, 0.2) is 0 Å². The summed E-state index contributed by atoms with van der Waals surface area (Å²) in [6.45, 7) is 9.87. The second kappa shape index (κ2) is 7.60. The molecule has 1 aromatic heterocycles. The summed E-state index contributed by atoms with van der Waals surface area (Å²) in [5.74, 6) is 0. The third-order valence-electron chi connectivity index (χ3n) is 4.33. The van der Waals surface area contributed by atoms with Gasteiger partial charge in [0.2, 0.25) is 0 Å². The van der Waals surface area contributed by atoms with E-state index in [0.717, 1.165) is 36.5 Å². The van der Waals surface area contributed by atoms with E-state index >= 15 is 0 Å². The molecule has 1 fully saturated rings. The zero-order chi connectivity index (χ0) is 16.2. The minimum Gasteiger partial charge on any atom is -0.328 e. The Morgan fingerprint density at radius 2 is 2.00 bits per heavy atom. The first-order valence-electron chi connectivity index (χ1n) is 8.04. The average molecular weight is 393 g/mol. The Morgan fingerprint density at radius 1 is 1.22 bits per heavy atom. The van der Waals surface area contributed by atoms with E-state index < -0.39 is 0 Å². The van der Waals surface area contributed by atoms with Crippen LogP contribution in [0.5, 0.6) is 0 Å². The number of rotatable bonds is 4. The van der Waals surface area contributed by atoms with Crippen LogP contribution in [0, 0.1) is 13.8 Å². The Morgan fingerprint density at radius 3 is 2.65 bits per heavy atom. The Kier molecular flexibility index (Phi) is 5.51. The van der Waals surface area contributed by atoms with E-state index in [0.29, 0.717) is 0 Å². The van der Waals surface area contributed by atoms with Gasteiger partial charge in [-0.25, -0.2) is 0 Å². The molecule has 1 saturated heterocycles. The van der Waals surface area contributed by atoms with E-state index in [1.165, 1.54) is 21.6 Å². The molecule has 0 spiro atoms. The van der Waals surface area contributed by atoms with E-state index in [-0.39, 0.29) is 0 Å². The van der Waals surface area contributed by atoms with Gasteiger partial charge in [0.05, 0.1) is 36.2 Å². The van der Waals surface area contributed by atoms with Gasteiger partial charge in [-0.2, -0.15) is 5.10 Å².